The smallest absolute Gasteiger partial charge is 0.220 e. The fraction of sp³-hybridized carbons (Fsp3) is 0.440. The fourth-order valence-corrected chi connectivity index (χ4v) is 5.02. The molecule has 2 aromatic rings. The maximum atomic E-state index is 12.6. The van der Waals surface area contributed by atoms with Crippen LogP contribution < -0.4 is 5.32 Å². The second-order valence-electron chi connectivity index (χ2n) is 8.44. The van der Waals surface area contributed by atoms with E-state index in [0.29, 0.717) is 19.8 Å². The fourth-order valence-electron chi connectivity index (χ4n) is 4.62. The molecule has 5 heteroatoms. The Kier molecular flexibility index (Phi) is 6.69. The highest BCUT2D eigenvalue weighted by atomic mass is 79.9. The zero-order valence-corrected chi connectivity index (χ0v) is 18.8. The standard InChI is InChI=1S/C25H28BrNO3/c26-22-6-2-5-21(16-22)25(11-13-30-14-12-25)17-27-24(29)10-9-23(28)20-8-7-18-3-1-4-19(18)15-20/h2,5-8,15-16H,1,3-4,9-14,17H2,(H,27,29). The van der Waals surface area contributed by atoms with Crippen molar-refractivity contribution in [3.8, 4) is 0 Å². The number of rotatable bonds is 7. The van der Waals surface area contributed by atoms with Crippen LogP contribution in [0.4, 0.5) is 0 Å². The molecule has 158 valence electrons. The lowest BCUT2D eigenvalue weighted by atomic mass is 9.74. The normalized spacial score (nSPS) is 17.4. The van der Waals surface area contributed by atoms with Crippen molar-refractivity contribution in [2.24, 2.45) is 0 Å². The van der Waals surface area contributed by atoms with Crippen molar-refractivity contribution >= 4 is 27.6 Å². The van der Waals surface area contributed by atoms with Crippen molar-refractivity contribution in [2.45, 2.75) is 50.4 Å². The third-order valence-corrected chi connectivity index (χ3v) is 7.00. The summed E-state index contributed by atoms with van der Waals surface area (Å²) in [6, 6.07) is 14.3. The first kappa shape index (κ1) is 21.3. The number of aryl methyl sites for hydroxylation is 2. The lowest BCUT2D eigenvalue weighted by Gasteiger charge is -2.38. The van der Waals surface area contributed by atoms with Gasteiger partial charge < -0.3 is 10.1 Å². The Morgan fingerprint density at radius 3 is 2.60 bits per heavy atom. The number of carbonyl (C=O) groups is 2. The highest BCUT2D eigenvalue weighted by Gasteiger charge is 2.35. The minimum absolute atomic E-state index is 0.0487. The van der Waals surface area contributed by atoms with Gasteiger partial charge in [0.1, 0.15) is 0 Å². The first-order valence-electron chi connectivity index (χ1n) is 10.8. The van der Waals surface area contributed by atoms with Crippen LogP contribution in [0.2, 0.25) is 0 Å². The number of halogens is 1. The van der Waals surface area contributed by atoms with E-state index in [4.69, 9.17) is 4.74 Å². The lowest BCUT2D eigenvalue weighted by Crippen LogP contribution is -2.44. The van der Waals surface area contributed by atoms with Gasteiger partial charge in [-0.15, -0.1) is 0 Å². The maximum absolute atomic E-state index is 12.6. The SMILES string of the molecule is O=C(CCC(=O)c1ccc2c(c1)CCC2)NCC1(c2cccc(Br)c2)CCOCC1. The minimum atomic E-state index is -0.123. The molecule has 0 unspecified atom stereocenters. The summed E-state index contributed by atoms with van der Waals surface area (Å²) >= 11 is 3.56. The van der Waals surface area contributed by atoms with Gasteiger partial charge in [-0.05, 0) is 67.0 Å². The molecule has 1 fully saturated rings. The maximum Gasteiger partial charge on any atom is 0.220 e. The molecule has 1 N–H and O–H groups in total. The van der Waals surface area contributed by atoms with Crippen LogP contribution in [0.5, 0.6) is 0 Å². The van der Waals surface area contributed by atoms with Crippen LogP contribution in [-0.2, 0) is 27.8 Å². The summed E-state index contributed by atoms with van der Waals surface area (Å²) in [5.74, 6) is -0.0157. The molecule has 0 saturated carbocycles. The number of Topliss-reactive ketones (excluding diaryl/α,β-unsaturated/α-hetero) is 1. The predicted octanol–water partition coefficient (Wildman–Crippen LogP) is 4.77. The van der Waals surface area contributed by atoms with E-state index in [1.807, 2.05) is 24.3 Å². The summed E-state index contributed by atoms with van der Waals surface area (Å²) in [5, 5.41) is 3.10. The molecule has 2 aliphatic rings. The van der Waals surface area contributed by atoms with E-state index in [-0.39, 0.29) is 29.9 Å². The van der Waals surface area contributed by atoms with Gasteiger partial charge >= 0.3 is 0 Å². The van der Waals surface area contributed by atoms with E-state index in [1.54, 1.807) is 0 Å². The van der Waals surface area contributed by atoms with Crippen molar-refractivity contribution in [2.75, 3.05) is 19.8 Å². The highest BCUT2D eigenvalue weighted by Crippen LogP contribution is 2.35. The predicted molar refractivity (Wildman–Crippen MR) is 121 cm³/mol. The van der Waals surface area contributed by atoms with Crippen LogP contribution in [0, 0.1) is 0 Å². The number of amides is 1. The molecule has 1 amide bonds. The molecule has 0 aromatic heterocycles. The third kappa shape index (κ3) is 4.84. The number of benzene rings is 2. The van der Waals surface area contributed by atoms with E-state index < -0.39 is 0 Å². The topological polar surface area (TPSA) is 55.4 Å². The van der Waals surface area contributed by atoms with Crippen LogP contribution in [-0.4, -0.2) is 31.4 Å². The molecule has 1 aliphatic carbocycles. The molecule has 4 nitrogen and oxygen atoms in total. The first-order chi connectivity index (χ1) is 14.6. The van der Waals surface area contributed by atoms with Gasteiger partial charge in [-0.2, -0.15) is 0 Å². The molecule has 4 rings (SSSR count). The van der Waals surface area contributed by atoms with E-state index in [9.17, 15) is 9.59 Å². The number of hydrogen-bond acceptors (Lipinski definition) is 3. The van der Waals surface area contributed by atoms with Crippen LogP contribution in [0.15, 0.2) is 46.9 Å². The summed E-state index contributed by atoms with van der Waals surface area (Å²) in [6.07, 6.45) is 5.55. The second kappa shape index (κ2) is 9.44. The van der Waals surface area contributed by atoms with Gasteiger partial charge in [0.25, 0.3) is 0 Å². The molecule has 0 spiro atoms. The molecule has 0 atom stereocenters. The number of ketones is 1. The molecule has 1 aliphatic heterocycles. The second-order valence-corrected chi connectivity index (χ2v) is 9.36. The Labute approximate surface area is 186 Å². The Hall–Kier alpha value is -1.98. The molecular formula is C25H28BrNO3. The molecule has 2 aromatic carbocycles. The van der Waals surface area contributed by atoms with Gasteiger partial charge in [-0.25, -0.2) is 0 Å². The van der Waals surface area contributed by atoms with Crippen LogP contribution in [0.1, 0.15) is 59.2 Å². The molecule has 1 heterocycles. The Morgan fingerprint density at radius 2 is 1.80 bits per heavy atom. The van der Waals surface area contributed by atoms with E-state index in [0.717, 1.165) is 35.7 Å². The number of fused-ring (bicyclic) bond motifs is 1. The van der Waals surface area contributed by atoms with Gasteiger partial charge in [0.2, 0.25) is 5.91 Å². The van der Waals surface area contributed by atoms with Gasteiger partial charge in [0.05, 0.1) is 0 Å². The molecular weight excluding hydrogens is 442 g/mol. The molecule has 1 saturated heterocycles. The first-order valence-corrected chi connectivity index (χ1v) is 11.6. The van der Waals surface area contributed by atoms with E-state index in [1.165, 1.54) is 23.1 Å². The largest absolute Gasteiger partial charge is 0.381 e. The Balaban J connectivity index is 1.34. The van der Waals surface area contributed by atoms with Crippen LogP contribution in [0.25, 0.3) is 0 Å². The molecule has 0 bridgehead atoms. The third-order valence-electron chi connectivity index (χ3n) is 6.51. The number of hydrogen-bond donors (Lipinski definition) is 1. The Bertz CT molecular complexity index is 934. The zero-order valence-electron chi connectivity index (χ0n) is 17.2. The van der Waals surface area contributed by atoms with E-state index in [2.05, 4.69) is 39.4 Å². The quantitative estimate of drug-likeness (QED) is 0.594. The van der Waals surface area contributed by atoms with Gasteiger partial charge in [0.15, 0.2) is 5.78 Å². The zero-order chi connectivity index (χ0) is 21.0. The van der Waals surface area contributed by atoms with Gasteiger partial charge in [-0.3, -0.25) is 9.59 Å². The van der Waals surface area contributed by atoms with Crippen molar-refractivity contribution in [1.82, 2.24) is 5.32 Å². The van der Waals surface area contributed by atoms with Crippen molar-refractivity contribution in [3.05, 3.63) is 69.2 Å². The van der Waals surface area contributed by atoms with Crippen LogP contribution >= 0.6 is 15.9 Å². The summed E-state index contributed by atoms with van der Waals surface area (Å²) in [6.45, 7) is 1.96. The van der Waals surface area contributed by atoms with Gasteiger partial charge in [0, 0.05) is 48.1 Å². The van der Waals surface area contributed by atoms with Crippen molar-refractivity contribution in [3.63, 3.8) is 0 Å². The van der Waals surface area contributed by atoms with Crippen molar-refractivity contribution in [1.29, 1.82) is 0 Å². The summed E-state index contributed by atoms with van der Waals surface area (Å²) in [7, 11) is 0. The lowest BCUT2D eigenvalue weighted by molar-refractivity contribution is -0.121. The Morgan fingerprint density at radius 1 is 1.00 bits per heavy atom. The summed E-state index contributed by atoms with van der Waals surface area (Å²) in [5.41, 5.74) is 4.48. The van der Waals surface area contributed by atoms with Crippen molar-refractivity contribution < 1.29 is 14.3 Å². The summed E-state index contributed by atoms with van der Waals surface area (Å²) in [4.78, 5) is 25.1. The van der Waals surface area contributed by atoms with Crippen LogP contribution in [0.3, 0.4) is 0 Å². The van der Waals surface area contributed by atoms with Gasteiger partial charge in [-0.1, -0.05) is 40.2 Å². The summed E-state index contributed by atoms with van der Waals surface area (Å²) < 4.78 is 6.61. The number of carbonyl (C=O) groups excluding carboxylic acids is 2. The highest BCUT2D eigenvalue weighted by molar-refractivity contribution is 9.10. The van der Waals surface area contributed by atoms with E-state index >= 15 is 0 Å². The molecule has 30 heavy (non-hydrogen) atoms. The number of nitrogens with one attached hydrogen (secondary N) is 1. The monoisotopic (exact) mass is 469 g/mol. The molecule has 0 radical (unpaired) electrons. The number of ether oxygens (including phenoxy) is 1. The average molecular weight is 470 g/mol. The average Bonchev–Trinajstić information content (AvgIpc) is 3.24. The minimum Gasteiger partial charge on any atom is -0.381 e.